The number of hydrogen-bond acceptors (Lipinski definition) is 9. The molecular formula is C23H22F3N5O5S. The highest BCUT2D eigenvalue weighted by Gasteiger charge is 2.32. The maximum Gasteiger partial charge on any atom is 0.407 e. The van der Waals surface area contributed by atoms with Crippen LogP contribution in [-0.4, -0.2) is 46.6 Å². The first kappa shape index (κ1) is 27.7. The van der Waals surface area contributed by atoms with Gasteiger partial charge in [-0.25, -0.2) is 9.78 Å². The molecule has 3 aromatic rings. The molecule has 37 heavy (non-hydrogen) atoms. The van der Waals surface area contributed by atoms with Crippen molar-refractivity contribution in [3.63, 3.8) is 0 Å². The Bertz CT molecular complexity index is 1210. The molecule has 0 aliphatic heterocycles. The van der Waals surface area contributed by atoms with E-state index in [0.29, 0.717) is 22.4 Å². The molecule has 1 amide bonds. The third kappa shape index (κ3) is 8.05. The number of alkyl halides is 3. The molecule has 3 rings (SSSR count). The Morgan fingerprint density at radius 2 is 1.89 bits per heavy atom. The number of nitro groups is 1. The Kier molecular flexibility index (Phi) is 9.25. The van der Waals surface area contributed by atoms with Gasteiger partial charge in [-0.15, -0.1) is 11.3 Å². The van der Waals surface area contributed by atoms with Crippen molar-refractivity contribution in [2.75, 3.05) is 7.11 Å². The summed E-state index contributed by atoms with van der Waals surface area (Å²) >= 11 is 1.01. The van der Waals surface area contributed by atoms with Gasteiger partial charge in [0.25, 0.3) is 5.69 Å². The summed E-state index contributed by atoms with van der Waals surface area (Å²) in [5, 5.41) is 18.3. The number of nitro benzene ring substituents is 1. The lowest BCUT2D eigenvalue weighted by Crippen LogP contribution is -2.46. The number of aromatic nitrogens is 2. The molecule has 2 unspecified atom stereocenters. The molecular weight excluding hydrogens is 515 g/mol. The fourth-order valence-electron chi connectivity index (χ4n) is 3.56. The Morgan fingerprint density at radius 1 is 1.22 bits per heavy atom. The maximum absolute atomic E-state index is 12.9. The minimum Gasteiger partial charge on any atom is -0.453 e. The summed E-state index contributed by atoms with van der Waals surface area (Å²) in [5.74, 6) is 0. The van der Waals surface area contributed by atoms with Crippen molar-refractivity contribution in [2.45, 2.75) is 37.1 Å². The molecule has 3 atom stereocenters. The molecule has 10 nitrogen and oxygen atoms in total. The highest BCUT2D eigenvalue weighted by atomic mass is 32.1. The zero-order chi connectivity index (χ0) is 27.0. The quantitative estimate of drug-likeness (QED) is 0.212. The molecule has 2 N–H and O–H groups in total. The zero-order valence-corrected chi connectivity index (χ0v) is 20.2. The fraction of sp³-hybridized carbons (Fsp3) is 0.304. The van der Waals surface area contributed by atoms with Gasteiger partial charge in [-0.2, -0.15) is 13.2 Å². The van der Waals surface area contributed by atoms with Crippen LogP contribution in [0.2, 0.25) is 0 Å². The van der Waals surface area contributed by atoms with Crippen LogP contribution in [0.25, 0.3) is 0 Å². The average Bonchev–Trinajstić information content (AvgIpc) is 3.32. The number of aldehydes is 1. The van der Waals surface area contributed by atoms with Crippen molar-refractivity contribution < 1.29 is 32.4 Å². The lowest BCUT2D eigenvalue weighted by molar-refractivity contribution is -0.384. The predicted molar refractivity (Wildman–Crippen MR) is 127 cm³/mol. The standard InChI is InChI=1S/C23H22F3N5O5S/c1-36-22(33)30-19(12-32)20(15-6-8-27-9-7-15)29-18(10-14-2-4-17(5-3-14)31(34)35)21-28-16(13-37-21)11-23(24,25)26/h2-9,12-13,18-20,29H,10-11H2,1H3,(H,30,33)/t18-,19?,20?/m0/s1. The fourth-order valence-corrected chi connectivity index (χ4v) is 4.44. The van der Waals surface area contributed by atoms with E-state index in [0.717, 1.165) is 18.4 Å². The van der Waals surface area contributed by atoms with Crippen LogP contribution in [0.1, 0.15) is 33.9 Å². The van der Waals surface area contributed by atoms with E-state index in [1.165, 1.54) is 42.0 Å². The maximum atomic E-state index is 12.9. The summed E-state index contributed by atoms with van der Waals surface area (Å²) in [7, 11) is 1.14. The number of nitrogens with one attached hydrogen (secondary N) is 2. The van der Waals surface area contributed by atoms with Gasteiger partial charge in [0.05, 0.1) is 36.2 Å². The summed E-state index contributed by atoms with van der Waals surface area (Å²) in [5.41, 5.74) is 0.910. The van der Waals surface area contributed by atoms with Gasteiger partial charge in [0.1, 0.15) is 17.3 Å². The normalized spacial score (nSPS) is 13.8. The van der Waals surface area contributed by atoms with E-state index in [4.69, 9.17) is 0 Å². The number of amides is 1. The minimum atomic E-state index is -4.45. The number of benzene rings is 1. The smallest absolute Gasteiger partial charge is 0.407 e. The molecule has 2 heterocycles. The minimum absolute atomic E-state index is 0.118. The van der Waals surface area contributed by atoms with Gasteiger partial charge in [0.2, 0.25) is 0 Å². The van der Waals surface area contributed by atoms with Crippen molar-refractivity contribution in [3.8, 4) is 0 Å². The lowest BCUT2D eigenvalue weighted by Gasteiger charge is -2.29. The molecule has 1 aromatic carbocycles. The number of pyridine rings is 1. The number of hydrogen-bond donors (Lipinski definition) is 2. The largest absolute Gasteiger partial charge is 0.453 e. The van der Waals surface area contributed by atoms with E-state index in [1.807, 2.05) is 0 Å². The van der Waals surface area contributed by atoms with E-state index in [2.05, 4.69) is 25.3 Å². The molecule has 14 heteroatoms. The summed E-state index contributed by atoms with van der Waals surface area (Å²) in [4.78, 5) is 42.4. The van der Waals surface area contributed by atoms with Crippen molar-refractivity contribution in [2.24, 2.45) is 0 Å². The van der Waals surface area contributed by atoms with Gasteiger partial charge in [-0.3, -0.25) is 20.4 Å². The molecule has 0 fully saturated rings. The molecule has 196 valence electrons. The monoisotopic (exact) mass is 537 g/mol. The Morgan fingerprint density at radius 3 is 2.46 bits per heavy atom. The number of rotatable bonds is 11. The van der Waals surface area contributed by atoms with Crippen molar-refractivity contribution in [1.29, 1.82) is 0 Å². The predicted octanol–water partition coefficient (Wildman–Crippen LogP) is 4.09. The van der Waals surface area contributed by atoms with Crippen LogP contribution < -0.4 is 10.6 Å². The Balaban J connectivity index is 1.99. The van der Waals surface area contributed by atoms with Crippen molar-refractivity contribution in [3.05, 3.63) is 86.1 Å². The number of thiazole rings is 1. The molecule has 2 aromatic heterocycles. The summed E-state index contributed by atoms with van der Waals surface area (Å²) in [6.45, 7) is 0. The van der Waals surface area contributed by atoms with Crippen molar-refractivity contribution in [1.82, 2.24) is 20.6 Å². The van der Waals surface area contributed by atoms with E-state index in [1.54, 1.807) is 12.1 Å². The highest BCUT2D eigenvalue weighted by molar-refractivity contribution is 7.09. The summed E-state index contributed by atoms with van der Waals surface area (Å²) in [6, 6.07) is 6.23. The first-order valence-corrected chi connectivity index (χ1v) is 11.7. The second kappa shape index (κ2) is 12.4. The van der Waals surface area contributed by atoms with Crippen LogP contribution in [0, 0.1) is 10.1 Å². The zero-order valence-electron chi connectivity index (χ0n) is 19.3. The Labute approximate surface area is 213 Å². The SMILES string of the molecule is COC(=O)NC(C=O)C(N[C@@H](Cc1ccc([N+](=O)[O-])cc1)c1nc(CC(F)(F)F)cs1)c1ccncc1. The summed E-state index contributed by atoms with van der Waals surface area (Å²) in [6.07, 6.45) is -2.86. The molecule has 0 aliphatic carbocycles. The lowest BCUT2D eigenvalue weighted by atomic mass is 9.98. The van der Waals surface area contributed by atoms with Gasteiger partial charge < -0.3 is 14.8 Å². The van der Waals surface area contributed by atoms with Gasteiger partial charge in [0, 0.05) is 29.9 Å². The molecule has 0 spiro atoms. The van der Waals surface area contributed by atoms with Crippen LogP contribution in [0.4, 0.5) is 23.7 Å². The van der Waals surface area contributed by atoms with E-state index < -0.39 is 41.7 Å². The first-order chi connectivity index (χ1) is 17.6. The second-order valence-electron chi connectivity index (χ2n) is 7.87. The number of non-ortho nitro benzene ring substituents is 1. The molecule has 0 bridgehead atoms. The van der Waals surface area contributed by atoms with Gasteiger partial charge in [-0.1, -0.05) is 12.1 Å². The van der Waals surface area contributed by atoms with Gasteiger partial charge >= 0.3 is 12.3 Å². The average molecular weight is 538 g/mol. The third-order valence-corrected chi connectivity index (χ3v) is 6.26. The molecule has 0 aliphatic rings. The van der Waals surface area contributed by atoms with Gasteiger partial charge in [0.15, 0.2) is 0 Å². The third-order valence-electron chi connectivity index (χ3n) is 5.26. The summed E-state index contributed by atoms with van der Waals surface area (Å²) < 4.78 is 43.4. The molecule has 0 saturated carbocycles. The van der Waals surface area contributed by atoms with E-state index in [-0.39, 0.29) is 17.8 Å². The first-order valence-electron chi connectivity index (χ1n) is 10.8. The van der Waals surface area contributed by atoms with E-state index >= 15 is 0 Å². The van der Waals surface area contributed by atoms with Crippen LogP contribution in [0.3, 0.4) is 0 Å². The van der Waals surface area contributed by atoms with Crippen LogP contribution >= 0.6 is 11.3 Å². The van der Waals surface area contributed by atoms with Crippen molar-refractivity contribution >= 4 is 29.4 Å². The van der Waals surface area contributed by atoms with Crippen LogP contribution in [0.5, 0.6) is 0 Å². The topological polar surface area (TPSA) is 136 Å². The number of carbonyl (C=O) groups excluding carboxylic acids is 2. The number of methoxy groups -OCH3 is 1. The van der Waals surface area contributed by atoms with Crippen LogP contribution in [-0.2, 0) is 22.4 Å². The molecule has 0 saturated heterocycles. The number of ether oxygens (including phenoxy) is 1. The van der Waals surface area contributed by atoms with Crippen LogP contribution in [0.15, 0.2) is 54.2 Å². The highest BCUT2D eigenvalue weighted by Crippen LogP contribution is 2.30. The van der Waals surface area contributed by atoms with Gasteiger partial charge in [-0.05, 0) is 29.7 Å². The Hall–Kier alpha value is -3.91. The number of halogens is 3. The molecule has 0 radical (unpaired) electrons. The number of carbonyl (C=O) groups is 2. The number of alkyl carbamates (subject to hydrolysis) is 1. The number of nitrogens with zero attached hydrogens (tertiary/aromatic N) is 3. The van der Waals surface area contributed by atoms with E-state index in [9.17, 15) is 32.9 Å². The second-order valence-corrected chi connectivity index (χ2v) is 8.76.